The maximum absolute atomic E-state index is 12.0. The fourth-order valence-electron chi connectivity index (χ4n) is 1.66. The zero-order valence-electron chi connectivity index (χ0n) is 10.5. The van der Waals surface area contributed by atoms with Crippen LogP contribution in [0.2, 0.25) is 10.0 Å². The fourth-order valence-corrected chi connectivity index (χ4v) is 2.23. The van der Waals surface area contributed by atoms with Crippen LogP contribution in [0.1, 0.15) is 23.0 Å². The van der Waals surface area contributed by atoms with E-state index in [2.05, 4.69) is 10.3 Å². The molecule has 20 heavy (non-hydrogen) atoms. The van der Waals surface area contributed by atoms with Gasteiger partial charge in [-0.25, -0.2) is 14.7 Å². The van der Waals surface area contributed by atoms with Crippen molar-refractivity contribution in [1.29, 1.82) is 0 Å². The summed E-state index contributed by atoms with van der Waals surface area (Å²) in [6, 6.07) is 4.93. The molecule has 0 fully saturated rings. The fraction of sp³-hybridized carbons (Fsp3) is 0.250. The van der Waals surface area contributed by atoms with Crippen LogP contribution in [-0.2, 0) is 11.3 Å². The van der Waals surface area contributed by atoms with Crippen molar-refractivity contribution in [3.63, 3.8) is 0 Å². The number of hydrogen-bond donors (Lipinski definition) is 1. The molecule has 0 bridgehead atoms. The van der Waals surface area contributed by atoms with Crippen molar-refractivity contribution < 1.29 is 9.53 Å². The van der Waals surface area contributed by atoms with E-state index < -0.39 is 11.5 Å². The Balaban J connectivity index is 2.27. The first kappa shape index (κ1) is 14.6. The largest absolute Gasteiger partial charge is 0.461 e. The Kier molecular flexibility index (Phi) is 4.46. The number of ether oxygens (including phenoxy) is 1. The molecule has 8 heteroatoms. The van der Waals surface area contributed by atoms with E-state index >= 15 is 0 Å². The molecule has 1 N–H and O–H groups in total. The molecule has 2 aromatic rings. The lowest BCUT2D eigenvalue weighted by Crippen LogP contribution is -2.23. The minimum absolute atomic E-state index is 0.172. The first-order valence-electron chi connectivity index (χ1n) is 5.78. The third kappa shape index (κ3) is 3.20. The maximum atomic E-state index is 12.0. The Hall–Kier alpha value is -1.79. The highest BCUT2D eigenvalue weighted by atomic mass is 35.5. The van der Waals surface area contributed by atoms with Crippen molar-refractivity contribution in [1.82, 2.24) is 15.0 Å². The molecule has 6 nitrogen and oxygen atoms in total. The van der Waals surface area contributed by atoms with E-state index in [-0.39, 0.29) is 18.8 Å². The highest BCUT2D eigenvalue weighted by Gasteiger charge is 2.17. The summed E-state index contributed by atoms with van der Waals surface area (Å²) in [4.78, 5) is 23.4. The number of nitrogens with zero attached hydrogens (tertiary/aromatic N) is 2. The summed E-state index contributed by atoms with van der Waals surface area (Å²) < 4.78 is 5.91. The summed E-state index contributed by atoms with van der Waals surface area (Å²) in [7, 11) is 0. The number of aromatic nitrogens is 3. The minimum atomic E-state index is -0.753. The summed E-state index contributed by atoms with van der Waals surface area (Å²) in [5, 5.41) is 7.06. The molecule has 0 atom stereocenters. The summed E-state index contributed by atoms with van der Waals surface area (Å²) >= 11 is 11.8. The third-order valence-electron chi connectivity index (χ3n) is 2.46. The molecule has 0 amide bonds. The van der Waals surface area contributed by atoms with E-state index in [4.69, 9.17) is 27.9 Å². The Bertz CT molecular complexity index is 673. The van der Waals surface area contributed by atoms with Crippen molar-refractivity contribution in [3.05, 3.63) is 49.9 Å². The van der Waals surface area contributed by atoms with Gasteiger partial charge in [0, 0.05) is 10.0 Å². The number of halogens is 2. The number of esters is 1. The lowest BCUT2D eigenvalue weighted by molar-refractivity contribution is 0.0517. The minimum Gasteiger partial charge on any atom is -0.461 e. The van der Waals surface area contributed by atoms with Crippen molar-refractivity contribution in [3.8, 4) is 0 Å². The monoisotopic (exact) mass is 315 g/mol. The molecule has 1 aromatic heterocycles. The van der Waals surface area contributed by atoms with Crippen molar-refractivity contribution >= 4 is 29.2 Å². The Labute approximate surface area is 124 Å². The topological polar surface area (TPSA) is 77.0 Å². The van der Waals surface area contributed by atoms with E-state index in [1.54, 1.807) is 25.1 Å². The summed E-state index contributed by atoms with van der Waals surface area (Å²) in [5.74, 6) is -0.753. The van der Waals surface area contributed by atoms with Crippen molar-refractivity contribution in [2.45, 2.75) is 13.5 Å². The van der Waals surface area contributed by atoms with Crippen LogP contribution in [-0.4, -0.2) is 27.6 Å². The quantitative estimate of drug-likeness (QED) is 0.876. The average molecular weight is 316 g/mol. The predicted octanol–water partition coefficient (Wildman–Crippen LogP) is 2.10. The molecule has 1 heterocycles. The van der Waals surface area contributed by atoms with Gasteiger partial charge in [0.2, 0.25) is 5.69 Å². The van der Waals surface area contributed by atoms with Crippen LogP contribution in [0.5, 0.6) is 0 Å². The van der Waals surface area contributed by atoms with Gasteiger partial charge in [-0.2, -0.15) is 0 Å². The lowest BCUT2D eigenvalue weighted by atomic mass is 10.2. The molecular formula is C12H11Cl2N3O3. The highest BCUT2D eigenvalue weighted by molar-refractivity contribution is 6.34. The van der Waals surface area contributed by atoms with Gasteiger partial charge in [-0.15, -0.1) is 5.10 Å². The molecule has 2 rings (SSSR count). The summed E-state index contributed by atoms with van der Waals surface area (Å²) in [5.41, 5.74) is -0.122. The van der Waals surface area contributed by atoms with E-state index in [9.17, 15) is 9.59 Å². The second kappa shape index (κ2) is 6.11. The average Bonchev–Trinajstić information content (AvgIpc) is 2.70. The number of aromatic amines is 1. The molecular weight excluding hydrogens is 305 g/mol. The van der Waals surface area contributed by atoms with E-state index in [1.807, 2.05) is 0 Å². The van der Waals surface area contributed by atoms with Gasteiger partial charge in [0.05, 0.1) is 13.2 Å². The molecule has 0 spiro atoms. The van der Waals surface area contributed by atoms with Crippen LogP contribution in [0.4, 0.5) is 0 Å². The number of hydrogen-bond acceptors (Lipinski definition) is 4. The number of H-pyrrole nitrogens is 1. The zero-order valence-corrected chi connectivity index (χ0v) is 12.0. The lowest BCUT2D eigenvalue weighted by Gasteiger charge is -2.03. The molecule has 0 unspecified atom stereocenters. The van der Waals surface area contributed by atoms with Gasteiger partial charge in [-0.3, -0.25) is 4.79 Å². The second-order valence-corrected chi connectivity index (χ2v) is 4.82. The van der Waals surface area contributed by atoms with E-state index in [1.165, 1.54) is 4.68 Å². The van der Waals surface area contributed by atoms with E-state index in [0.717, 1.165) is 0 Å². The van der Waals surface area contributed by atoms with Gasteiger partial charge >= 0.3 is 11.5 Å². The van der Waals surface area contributed by atoms with Crippen LogP contribution in [0.3, 0.4) is 0 Å². The smallest absolute Gasteiger partial charge is 0.364 e. The van der Waals surface area contributed by atoms with Gasteiger partial charge in [0.25, 0.3) is 0 Å². The van der Waals surface area contributed by atoms with Gasteiger partial charge in [0.1, 0.15) is 0 Å². The van der Waals surface area contributed by atoms with Gasteiger partial charge in [-0.05, 0) is 30.7 Å². The third-order valence-corrected chi connectivity index (χ3v) is 2.90. The van der Waals surface area contributed by atoms with Crippen LogP contribution >= 0.6 is 23.2 Å². The molecule has 0 saturated heterocycles. The molecule has 1 aromatic carbocycles. The second-order valence-electron chi connectivity index (χ2n) is 3.95. The molecule has 0 radical (unpaired) electrons. The number of benzene rings is 1. The Morgan fingerprint density at radius 3 is 2.60 bits per heavy atom. The summed E-state index contributed by atoms with van der Waals surface area (Å²) in [6.07, 6.45) is 0. The van der Waals surface area contributed by atoms with Gasteiger partial charge in [0.15, 0.2) is 0 Å². The SMILES string of the molecule is CCOC(=O)c1n[nH]n(Cc2cc(Cl)cc(Cl)c2)c1=O. The number of carbonyl (C=O) groups excluding carboxylic acids is 1. The number of rotatable bonds is 4. The van der Waals surface area contributed by atoms with Crippen LogP contribution in [0.15, 0.2) is 23.0 Å². The van der Waals surface area contributed by atoms with Crippen molar-refractivity contribution in [2.75, 3.05) is 6.61 Å². The summed E-state index contributed by atoms with van der Waals surface area (Å²) in [6.45, 7) is 2.00. The van der Waals surface area contributed by atoms with Gasteiger partial charge in [-0.1, -0.05) is 23.2 Å². The Morgan fingerprint density at radius 2 is 2.00 bits per heavy atom. The molecule has 0 aliphatic carbocycles. The normalized spacial score (nSPS) is 10.6. The van der Waals surface area contributed by atoms with Crippen LogP contribution in [0, 0.1) is 0 Å². The maximum Gasteiger partial charge on any atom is 0.364 e. The Morgan fingerprint density at radius 1 is 1.35 bits per heavy atom. The molecule has 0 aliphatic rings. The predicted molar refractivity (Wildman–Crippen MR) is 74.4 cm³/mol. The molecule has 0 aliphatic heterocycles. The zero-order chi connectivity index (χ0) is 14.7. The van der Waals surface area contributed by atoms with E-state index in [0.29, 0.717) is 15.6 Å². The molecule has 106 valence electrons. The van der Waals surface area contributed by atoms with Gasteiger partial charge < -0.3 is 4.74 Å². The van der Waals surface area contributed by atoms with Crippen LogP contribution < -0.4 is 5.56 Å². The highest BCUT2D eigenvalue weighted by Crippen LogP contribution is 2.19. The molecule has 0 saturated carbocycles. The first-order valence-corrected chi connectivity index (χ1v) is 6.54. The number of nitrogens with one attached hydrogen (secondary N) is 1. The van der Waals surface area contributed by atoms with Crippen LogP contribution in [0.25, 0.3) is 0 Å². The van der Waals surface area contributed by atoms with Crippen molar-refractivity contribution in [2.24, 2.45) is 0 Å². The first-order chi connectivity index (χ1) is 9.51. The standard InChI is InChI=1S/C12H11Cl2N3O3/c1-2-20-12(19)10-11(18)17(16-15-10)6-7-3-8(13)5-9(14)4-7/h3-5,16H,2,6H2,1H3. The number of carbonyl (C=O) groups is 1.